The molecule has 2 rings (SSSR count). The Kier molecular flexibility index (Phi) is 5.17. The third-order valence-electron chi connectivity index (χ3n) is 4.11. The predicted molar refractivity (Wildman–Crippen MR) is 86.8 cm³/mol. The van der Waals surface area contributed by atoms with Gasteiger partial charge in [-0.3, -0.25) is 0 Å². The van der Waals surface area contributed by atoms with Crippen LogP contribution in [-0.2, 0) is 5.41 Å². The molecule has 1 nitrogen and oxygen atoms in total. The Morgan fingerprint density at radius 1 is 1.27 bits per heavy atom. The maximum Gasteiger partial charge on any atom is 0.166 e. The first-order valence-electron chi connectivity index (χ1n) is 7.32. The monoisotopic (exact) mass is 322 g/mol. The SMILES string of the molecule is [CH2]CC(C)(CCC)c1ccc(F)c(F)c1-c1ccnc(Cl)c1. The van der Waals surface area contributed by atoms with Crippen LogP contribution in [-0.4, -0.2) is 4.98 Å². The zero-order valence-electron chi connectivity index (χ0n) is 12.8. The molecular weight excluding hydrogens is 304 g/mol. The lowest BCUT2D eigenvalue weighted by atomic mass is 9.73. The van der Waals surface area contributed by atoms with E-state index in [0.29, 0.717) is 12.0 Å². The van der Waals surface area contributed by atoms with Crippen molar-refractivity contribution in [3.8, 4) is 11.1 Å². The van der Waals surface area contributed by atoms with E-state index in [2.05, 4.69) is 18.8 Å². The number of hydrogen-bond donors (Lipinski definition) is 0. The lowest BCUT2D eigenvalue weighted by Crippen LogP contribution is -2.22. The summed E-state index contributed by atoms with van der Waals surface area (Å²) in [6.07, 6.45) is 3.86. The second-order valence-corrected chi connectivity index (χ2v) is 6.10. The molecule has 0 fully saturated rings. The zero-order chi connectivity index (χ0) is 16.3. The van der Waals surface area contributed by atoms with Gasteiger partial charge in [0.2, 0.25) is 0 Å². The lowest BCUT2D eigenvalue weighted by Gasteiger charge is -2.31. The maximum absolute atomic E-state index is 14.5. The molecule has 0 amide bonds. The lowest BCUT2D eigenvalue weighted by molar-refractivity contribution is 0.426. The van der Waals surface area contributed by atoms with Crippen LogP contribution in [0.15, 0.2) is 30.5 Å². The summed E-state index contributed by atoms with van der Waals surface area (Å²) in [6, 6.07) is 6.03. The largest absolute Gasteiger partial charge is 0.245 e. The Morgan fingerprint density at radius 3 is 2.59 bits per heavy atom. The predicted octanol–water partition coefficient (Wildman–Crippen LogP) is 5.96. The quantitative estimate of drug-likeness (QED) is 0.619. The van der Waals surface area contributed by atoms with Crippen molar-refractivity contribution in [3.63, 3.8) is 0 Å². The van der Waals surface area contributed by atoms with Crippen molar-refractivity contribution in [1.82, 2.24) is 4.98 Å². The molecule has 1 aromatic carbocycles. The van der Waals surface area contributed by atoms with E-state index < -0.39 is 11.6 Å². The fourth-order valence-corrected chi connectivity index (χ4v) is 3.01. The van der Waals surface area contributed by atoms with Gasteiger partial charge in [-0.25, -0.2) is 13.8 Å². The van der Waals surface area contributed by atoms with Gasteiger partial charge in [0.1, 0.15) is 5.15 Å². The molecule has 0 spiro atoms. The number of halogens is 3. The second-order valence-electron chi connectivity index (χ2n) is 5.71. The van der Waals surface area contributed by atoms with E-state index in [0.717, 1.165) is 18.4 Å². The molecule has 0 bridgehead atoms. The highest BCUT2D eigenvalue weighted by Crippen LogP contribution is 2.40. The van der Waals surface area contributed by atoms with E-state index >= 15 is 0 Å². The summed E-state index contributed by atoms with van der Waals surface area (Å²) in [4.78, 5) is 3.90. The third kappa shape index (κ3) is 3.14. The standard InChI is InChI=1S/C18H19ClF2N/c1-4-9-18(3,5-2)13-6-7-14(20)17(21)16(13)12-8-10-22-15(19)11-12/h6-8,10-11H,2,4-5,9H2,1,3H3. The van der Waals surface area contributed by atoms with E-state index in [1.165, 1.54) is 12.3 Å². The smallest absolute Gasteiger partial charge is 0.166 e. The van der Waals surface area contributed by atoms with Crippen LogP contribution < -0.4 is 0 Å². The molecule has 0 saturated carbocycles. The second kappa shape index (κ2) is 6.74. The molecular formula is C18H19ClF2N. The molecule has 0 aliphatic rings. The highest BCUT2D eigenvalue weighted by molar-refractivity contribution is 6.29. The highest BCUT2D eigenvalue weighted by atomic mass is 35.5. The van der Waals surface area contributed by atoms with Gasteiger partial charge in [0.05, 0.1) is 0 Å². The maximum atomic E-state index is 14.5. The van der Waals surface area contributed by atoms with Gasteiger partial charge in [-0.15, -0.1) is 0 Å². The minimum Gasteiger partial charge on any atom is -0.245 e. The van der Waals surface area contributed by atoms with Crippen molar-refractivity contribution >= 4 is 11.6 Å². The van der Waals surface area contributed by atoms with Gasteiger partial charge in [0.15, 0.2) is 11.6 Å². The number of benzene rings is 1. The van der Waals surface area contributed by atoms with Crippen LogP contribution in [0.1, 0.15) is 38.7 Å². The molecule has 117 valence electrons. The summed E-state index contributed by atoms with van der Waals surface area (Å²) in [5, 5.41) is 0.249. The fraction of sp³-hybridized carbons (Fsp3) is 0.333. The summed E-state index contributed by atoms with van der Waals surface area (Å²) in [7, 11) is 0. The number of nitrogens with zero attached hydrogens (tertiary/aromatic N) is 1. The zero-order valence-corrected chi connectivity index (χ0v) is 13.6. The van der Waals surface area contributed by atoms with Crippen molar-refractivity contribution in [2.45, 2.75) is 38.5 Å². The Bertz CT molecular complexity index is 672. The van der Waals surface area contributed by atoms with E-state index in [4.69, 9.17) is 11.6 Å². The Labute approximate surface area is 135 Å². The van der Waals surface area contributed by atoms with Crippen molar-refractivity contribution in [2.24, 2.45) is 0 Å². The number of pyridine rings is 1. The first-order valence-corrected chi connectivity index (χ1v) is 7.70. The third-order valence-corrected chi connectivity index (χ3v) is 4.32. The number of aromatic nitrogens is 1. The van der Waals surface area contributed by atoms with Crippen LogP contribution in [0.4, 0.5) is 8.78 Å². The van der Waals surface area contributed by atoms with E-state index in [9.17, 15) is 8.78 Å². The van der Waals surface area contributed by atoms with Gasteiger partial charge < -0.3 is 0 Å². The van der Waals surface area contributed by atoms with Gasteiger partial charge >= 0.3 is 0 Å². The molecule has 1 atom stereocenters. The Morgan fingerprint density at radius 2 is 2.00 bits per heavy atom. The molecule has 0 saturated heterocycles. The molecule has 22 heavy (non-hydrogen) atoms. The highest BCUT2D eigenvalue weighted by Gasteiger charge is 2.29. The molecule has 0 aliphatic carbocycles. The number of hydrogen-bond acceptors (Lipinski definition) is 1. The molecule has 1 heterocycles. The van der Waals surface area contributed by atoms with Gasteiger partial charge in [0, 0.05) is 11.8 Å². The van der Waals surface area contributed by atoms with Crippen molar-refractivity contribution in [1.29, 1.82) is 0 Å². The van der Waals surface area contributed by atoms with Crippen molar-refractivity contribution in [2.75, 3.05) is 0 Å². The summed E-state index contributed by atoms with van der Waals surface area (Å²) < 4.78 is 28.3. The summed E-state index contributed by atoms with van der Waals surface area (Å²) in [5.41, 5.74) is 1.21. The molecule has 1 aromatic heterocycles. The van der Waals surface area contributed by atoms with Gasteiger partial charge in [-0.05, 0) is 47.6 Å². The van der Waals surface area contributed by atoms with Crippen molar-refractivity contribution < 1.29 is 8.78 Å². The average molecular weight is 323 g/mol. The van der Waals surface area contributed by atoms with Crippen LogP contribution in [0.25, 0.3) is 11.1 Å². The average Bonchev–Trinajstić information content (AvgIpc) is 2.49. The van der Waals surface area contributed by atoms with E-state index in [1.54, 1.807) is 18.2 Å². The molecule has 1 radical (unpaired) electrons. The fourth-order valence-electron chi connectivity index (χ4n) is 2.84. The Hall–Kier alpha value is -1.48. The van der Waals surface area contributed by atoms with Crippen LogP contribution in [0.5, 0.6) is 0 Å². The van der Waals surface area contributed by atoms with Crippen molar-refractivity contribution in [3.05, 3.63) is 59.7 Å². The Balaban J connectivity index is 2.73. The van der Waals surface area contributed by atoms with Crippen LogP contribution in [0.2, 0.25) is 5.15 Å². The van der Waals surface area contributed by atoms with Crippen LogP contribution in [0, 0.1) is 18.6 Å². The first-order chi connectivity index (χ1) is 10.4. The van der Waals surface area contributed by atoms with Crippen LogP contribution >= 0.6 is 11.6 Å². The van der Waals surface area contributed by atoms with E-state index in [-0.39, 0.29) is 16.1 Å². The number of rotatable bonds is 5. The topological polar surface area (TPSA) is 12.9 Å². The van der Waals surface area contributed by atoms with Crippen LogP contribution in [0.3, 0.4) is 0 Å². The van der Waals surface area contributed by atoms with E-state index in [1.807, 2.05) is 6.92 Å². The molecule has 4 heteroatoms. The summed E-state index contributed by atoms with van der Waals surface area (Å²) in [5.74, 6) is -1.72. The first kappa shape index (κ1) is 16.9. The van der Waals surface area contributed by atoms with Gasteiger partial charge in [0.25, 0.3) is 0 Å². The van der Waals surface area contributed by atoms with Gasteiger partial charge in [-0.1, -0.05) is 44.9 Å². The normalized spacial score (nSPS) is 13.9. The minimum atomic E-state index is -0.866. The molecule has 1 unspecified atom stereocenters. The van der Waals surface area contributed by atoms with Gasteiger partial charge in [-0.2, -0.15) is 0 Å². The molecule has 0 aliphatic heterocycles. The minimum absolute atomic E-state index is 0.249. The molecule has 2 aromatic rings. The summed E-state index contributed by atoms with van der Waals surface area (Å²) in [6.45, 7) is 8.10. The summed E-state index contributed by atoms with van der Waals surface area (Å²) >= 11 is 5.91. The molecule has 0 N–H and O–H groups in total.